The molecular formula is C40H26NO2P. The molecule has 0 fully saturated rings. The van der Waals surface area contributed by atoms with E-state index in [4.69, 9.17) is 4.42 Å². The standard InChI is InChI=1S/C40H26NO2P/c42-44(30-13-5-2-6-14-30)38-18-10-8-16-32(38)34-24-23-33-31-15-7-9-17-35(31)41(39(33)40(34)44)29-21-19-28(20-22-29)37-26-25-36(43-37)27-11-3-1-4-12-27/h1-26H. The van der Waals surface area contributed by atoms with Gasteiger partial charge in [0.05, 0.1) is 16.3 Å². The van der Waals surface area contributed by atoms with E-state index in [0.717, 1.165) is 77.2 Å². The number of benzene rings is 6. The van der Waals surface area contributed by atoms with Gasteiger partial charge in [-0.1, -0.05) is 115 Å². The van der Waals surface area contributed by atoms with Crippen LogP contribution in [0.1, 0.15) is 0 Å². The minimum absolute atomic E-state index is 0.822. The van der Waals surface area contributed by atoms with Gasteiger partial charge in [-0.3, -0.25) is 0 Å². The van der Waals surface area contributed by atoms with Crippen molar-refractivity contribution in [1.82, 2.24) is 4.57 Å². The summed E-state index contributed by atoms with van der Waals surface area (Å²) in [5.41, 5.74) is 7.26. The minimum Gasteiger partial charge on any atom is -0.456 e. The van der Waals surface area contributed by atoms with Gasteiger partial charge in [0, 0.05) is 38.2 Å². The fourth-order valence-corrected chi connectivity index (χ4v) is 10.1. The highest BCUT2D eigenvalue weighted by atomic mass is 31.2. The second-order valence-electron chi connectivity index (χ2n) is 11.2. The third-order valence-corrected chi connectivity index (χ3v) is 12.0. The lowest BCUT2D eigenvalue weighted by Gasteiger charge is -2.18. The number of rotatable bonds is 4. The quantitative estimate of drug-likeness (QED) is 0.194. The van der Waals surface area contributed by atoms with Crippen LogP contribution < -0.4 is 15.9 Å². The number of furan rings is 1. The molecule has 0 saturated carbocycles. The van der Waals surface area contributed by atoms with Gasteiger partial charge in [0.25, 0.3) is 0 Å². The number of nitrogens with zero attached hydrogens (tertiary/aromatic N) is 1. The van der Waals surface area contributed by atoms with Crippen LogP contribution in [-0.2, 0) is 4.57 Å². The van der Waals surface area contributed by atoms with E-state index in [1.807, 2.05) is 78.9 Å². The Balaban J connectivity index is 1.28. The molecule has 3 nitrogen and oxygen atoms in total. The summed E-state index contributed by atoms with van der Waals surface area (Å²) in [4.78, 5) is 0. The Kier molecular flexibility index (Phi) is 5.47. The van der Waals surface area contributed by atoms with Crippen molar-refractivity contribution in [3.05, 3.63) is 158 Å². The Morgan fingerprint density at radius 1 is 0.500 bits per heavy atom. The summed E-state index contributed by atoms with van der Waals surface area (Å²) < 4.78 is 24.2. The summed E-state index contributed by atoms with van der Waals surface area (Å²) in [5.74, 6) is 1.67. The highest BCUT2D eigenvalue weighted by Crippen LogP contribution is 2.54. The molecule has 2 aromatic heterocycles. The van der Waals surface area contributed by atoms with Gasteiger partial charge >= 0.3 is 0 Å². The van der Waals surface area contributed by atoms with Crippen molar-refractivity contribution in [1.29, 1.82) is 0 Å². The predicted octanol–water partition coefficient (Wildman–Crippen LogP) is 9.33. The maximum absolute atomic E-state index is 15.7. The van der Waals surface area contributed by atoms with Crippen molar-refractivity contribution in [2.45, 2.75) is 0 Å². The summed E-state index contributed by atoms with van der Waals surface area (Å²) in [6.07, 6.45) is 0. The monoisotopic (exact) mass is 583 g/mol. The van der Waals surface area contributed by atoms with Crippen molar-refractivity contribution in [2.24, 2.45) is 0 Å². The Morgan fingerprint density at radius 2 is 1.14 bits per heavy atom. The van der Waals surface area contributed by atoms with Crippen LogP contribution >= 0.6 is 7.14 Å². The second kappa shape index (κ2) is 9.57. The van der Waals surface area contributed by atoms with E-state index in [9.17, 15) is 0 Å². The Bertz CT molecular complexity index is 2400. The lowest BCUT2D eigenvalue weighted by Crippen LogP contribution is -2.22. The molecule has 44 heavy (non-hydrogen) atoms. The summed E-state index contributed by atoms with van der Waals surface area (Å²) in [6.45, 7) is 0. The van der Waals surface area contributed by atoms with E-state index in [-0.39, 0.29) is 0 Å². The van der Waals surface area contributed by atoms with E-state index in [1.54, 1.807) is 0 Å². The fourth-order valence-electron chi connectivity index (χ4n) is 6.87. The zero-order valence-corrected chi connectivity index (χ0v) is 24.6. The molecular weight excluding hydrogens is 557 g/mol. The first kappa shape index (κ1) is 25.2. The summed E-state index contributed by atoms with van der Waals surface area (Å²) in [5, 5.41) is 4.93. The molecule has 0 saturated heterocycles. The van der Waals surface area contributed by atoms with E-state index in [1.165, 1.54) is 0 Å². The maximum atomic E-state index is 15.7. The molecule has 208 valence electrons. The third kappa shape index (κ3) is 3.54. The first-order chi connectivity index (χ1) is 21.7. The SMILES string of the molecule is O=P1(c2ccccc2)c2ccccc2-c2ccc3c4ccccc4n(-c4ccc(-c5ccc(-c6ccccc6)o5)cc4)c3c21. The smallest absolute Gasteiger partial charge is 0.174 e. The third-order valence-electron chi connectivity index (χ3n) is 8.85. The van der Waals surface area contributed by atoms with Crippen LogP contribution in [0.25, 0.3) is 61.3 Å². The molecule has 0 amide bonds. The summed E-state index contributed by atoms with van der Waals surface area (Å²) in [6, 6.07) is 53.7. The van der Waals surface area contributed by atoms with Crippen LogP contribution in [0.5, 0.6) is 0 Å². The van der Waals surface area contributed by atoms with E-state index >= 15 is 4.57 Å². The van der Waals surface area contributed by atoms with Crippen molar-refractivity contribution in [2.75, 3.05) is 0 Å². The van der Waals surface area contributed by atoms with Crippen molar-refractivity contribution in [3.63, 3.8) is 0 Å². The molecule has 0 bridgehead atoms. The Morgan fingerprint density at radius 3 is 1.91 bits per heavy atom. The molecule has 6 aromatic carbocycles. The van der Waals surface area contributed by atoms with Gasteiger partial charge in [-0.15, -0.1) is 0 Å². The van der Waals surface area contributed by atoms with E-state index in [2.05, 4.69) is 83.4 Å². The molecule has 0 N–H and O–H groups in total. The van der Waals surface area contributed by atoms with Crippen LogP contribution in [0.3, 0.4) is 0 Å². The van der Waals surface area contributed by atoms with Gasteiger partial charge in [-0.2, -0.15) is 0 Å². The number of aromatic nitrogens is 1. The maximum Gasteiger partial charge on any atom is 0.174 e. The van der Waals surface area contributed by atoms with Gasteiger partial charge in [0.2, 0.25) is 0 Å². The summed E-state index contributed by atoms with van der Waals surface area (Å²) in [7, 11) is -3.17. The lowest BCUT2D eigenvalue weighted by atomic mass is 10.0. The molecule has 0 spiro atoms. The molecule has 8 aromatic rings. The van der Waals surface area contributed by atoms with Crippen LogP contribution in [0.15, 0.2) is 162 Å². The van der Waals surface area contributed by atoms with Crippen LogP contribution in [0.2, 0.25) is 0 Å². The zero-order chi connectivity index (χ0) is 29.3. The minimum atomic E-state index is -3.17. The van der Waals surface area contributed by atoms with Crippen LogP contribution in [0.4, 0.5) is 0 Å². The molecule has 1 aliphatic rings. The first-order valence-corrected chi connectivity index (χ1v) is 16.5. The molecule has 3 heterocycles. The van der Waals surface area contributed by atoms with E-state index in [0.29, 0.717) is 0 Å². The molecule has 1 unspecified atom stereocenters. The lowest BCUT2D eigenvalue weighted by molar-refractivity contribution is 0.593. The highest BCUT2D eigenvalue weighted by Gasteiger charge is 2.42. The zero-order valence-electron chi connectivity index (χ0n) is 23.7. The average Bonchev–Trinajstić information content (AvgIpc) is 3.79. The number of para-hydroxylation sites is 1. The second-order valence-corrected chi connectivity index (χ2v) is 13.9. The Hall–Kier alpha value is -5.37. The predicted molar refractivity (Wildman–Crippen MR) is 182 cm³/mol. The van der Waals surface area contributed by atoms with Crippen LogP contribution in [0, 0.1) is 0 Å². The first-order valence-electron chi connectivity index (χ1n) is 14.8. The molecule has 0 radical (unpaired) electrons. The van der Waals surface area contributed by atoms with Crippen molar-refractivity contribution in [3.8, 4) is 39.5 Å². The number of fused-ring (bicyclic) bond motifs is 7. The highest BCUT2D eigenvalue weighted by molar-refractivity contribution is 7.86. The van der Waals surface area contributed by atoms with Gasteiger partial charge in [0.1, 0.15) is 11.5 Å². The van der Waals surface area contributed by atoms with Gasteiger partial charge in [-0.25, -0.2) is 0 Å². The number of hydrogen-bond acceptors (Lipinski definition) is 2. The number of hydrogen-bond donors (Lipinski definition) is 0. The van der Waals surface area contributed by atoms with E-state index < -0.39 is 7.14 Å². The average molecular weight is 584 g/mol. The Labute approximate surface area is 255 Å². The fraction of sp³-hybridized carbons (Fsp3) is 0. The molecule has 1 aliphatic heterocycles. The van der Waals surface area contributed by atoms with Crippen LogP contribution in [-0.4, -0.2) is 4.57 Å². The van der Waals surface area contributed by atoms with Crippen molar-refractivity contribution >= 4 is 44.9 Å². The molecule has 0 aliphatic carbocycles. The largest absolute Gasteiger partial charge is 0.456 e. The van der Waals surface area contributed by atoms with Gasteiger partial charge in [-0.05, 0) is 53.6 Å². The topological polar surface area (TPSA) is 35.1 Å². The molecule has 4 heteroatoms. The molecule has 9 rings (SSSR count). The van der Waals surface area contributed by atoms with Crippen molar-refractivity contribution < 1.29 is 8.98 Å². The van der Waals surface area contributed by atoms with Gasteiger partial charge in [0.15, 0.2) is 7.14 Å². The van der Waals surface area contributed by atoms with Gasteiger partial charge < -0.3 is 13.5 Å². The molecule has 1 atom stereocenters. The normalized spacial score (nSPS) is 15.5. The summed E-state index contributed by atoms with van der Waals surface area (Å²) >= 11 is 0.